The van der Waals surface area contributed by atoms with Gasteiger partial charge in [0.05, 0.1) is 39.6 Å². The van der Waals surface area contributed by atoms with Crippen LogP contribution in [0.2, 0.25) is 0 Å². The molecule has 0 aliphatic carbocycles. The van der Waals surface area contributed by atoms with Crippen molar-refractivity contribution < 1.29 is 101 Å². The summed E-state index contributed by atoms with van der Waals surface area (Å²) in [6.45, 7) is 56.1. The van der Waals surface area contributed by atoms with Gasteiger partial charge in [-0.25, -0.2) is 0 Å². The van der Waals surface area contributed by atoms with Crippen molar-refractivity contribution in [2.24, 2.45) is 0 Å². The Kier molecular flexibility index (Phi) is 31.9. The van der Waals surface area contributed by atoms with E-state index in [9.17, 15) is 0 Å². The van der Waals surface area contributed by atoms with Gasteiger partial charge in [0.25, 0.3) is 0 Å². The summed E-state index contributed by atoms with van der Waals surface area (Å²) in [5.74, 6) is 1.88. The Morgan fingerprint density at radius 2 is 0.678 bits per heavy atom. The van der Waals surface area contributed by atoms with Crippen molar-refractivity contribution in [3.63, 3.8) is 0 Å². The second-order valence-electron chi connectivity index (χ2n) is 43.4. The zero-order valence-electron chi connectivity index (χ0n) is 88.0. The van der Waals surface area contributed by atoms with E-state index < -0.39 is 0 Å². The SMILES string of the molecule is CC(C)c1cc(-c2ccc(C(C)(C)C)cc2)c2c(c1)c1ccc[c-]c1c1nccn12.CC(C)c1cc(C(C)C)c(-c2ccc3c(c2)c2ccc[c-]c2c2nccn32)c(C(C)C)c1.Cc1cc(C(C)(C)C)cc2c3cc(C(C)(C)C)c[c-]c3c3nccn3c12.Cc1cc2c3ccc[c-]c3c3ncc(-c4c(C)cccc4C)n3c2cc1C.Cc1ccc2c(c1)c1ccc[c-]c1c1ncc(-c3c(C)cccc3C)n21.[Ir].[Ir].[Ir].[Ir].[Ir]. The van der Waals surface area contributed by atoms with E-state index in [2.05, 4.69) is 459 Å². The van der Waals surface area contributed by atoms with Gasteiger partial charge in [-0.05, 0) is 236 Å². The van der Waals surface area contributed by atoms with Crippen LogP contribution in [0.1, 0.15) is 225 Å². The van der Waals surface area contributed by atoms with Gasteiger partial charge >= 0.3 is 0 Å². The number of pyridine rings is 5. The first kappa shape index (κ1) is 109. The van der Waals surface area contributed by atoms with Crippen molar-refractivity contribution in [2.45, 2.75) is 213 Å². The fourth-order valence-corrected chi connectivity index (χ4v) is 21.3. The van der Waals surface area contributed by atoms with E-state index >= 15 is 0 Å². The summed E-state index contributed by atoms with van der Waals surface area (Å²) in [6, 6.07) is 101. The summed E-state index contributed by atoms with van der Waals surface area (Å²) < 4.78 is 11.2. The molecule has 0 N–H and O–H groups in total. The molecule has 146 heavy (non-hydrogen) atoms. The molecule has 24 aromatic rings. The van der Waals surface area contributed by atoms with Crippen LogP contribution < -0.4 is 0 Å². The number of aryl methyl sites for hydroxylation is 8. The predicted molar refractivity (Wildman–Crippen MR) is 597 cm³/mol. The van der Waals surface area contributed by atoms with E-state index in [0.29, 0.717) is 23.7 Å². The molecule has 24 rings (SSSR count). The summed E-state index contributed by atoms with van der Waals surface area (Å²) in [6.07, 6.45) is 15.8. The average Bonchev–Trinajstić information content (AvgIpc) is 1.47. The molecule has 10 aromatic heterocycles. The molecule has 0 spiro atoms. The van der Waals surface area contributed by atoms with Gasteiger partial charge in [0, 0.05) is 194 Å². The maximum Gasteiger partial charge on any atom is 0.0639 e. The minimum atomic E-state index is 0. The van der Waals surface area contributed by atoms with Gasteiger partial charge < -0.3 is 22.0 Å². The Morgan fingerprint density at radius 1 is 0.274 bits per heavy atom. The first-order chi connectivity index (χ1) is 67.5. The number of fused-ring (bicyclic) bond motifs is 30. The Balaban J connectivity index is 0.000000136. The van der Waals surface area contributed by atoms with Crippen LogP contribution in [0.5, 0.6) is 0 Å². The second-order valence-corrected chi connectivity index (χ2v) is 43.4. The van der Waals surface area contributed by atoms with E-state index in [1.807, 2.05) is 61.4 Å². The molecule has 14 aromatic carbocycles. The maximum absolute atomic E-state index is 4.84. The number of nitrogens with zero attached hydrogens (tertiary/aromatic N) is 10. The molecule has 0 fully saturated rings. The zero-order chi connectivity index (χ0) is 99.0. The quantitative estimate of drug-likeness (QED) is 0.112. The van der Waals surface area contributed by atoms with Gasteiger partial charge in [-0.2, -0.15) is 0 Å². The number of hydrogen-bond acceptors (Lipinski definition) is 5. The van der Waals surface area contributed by atoms with E-state index in [4.69, 9.17) is 9.97 Å². The Morgan fingerprint density at radius 3 is 1.16 bits per heavy atom. The van der Waals surface area contributed by atoms with Crippen LogP contribution in [0.3, 0.4) is 0 Å². The molecule has 0 unspecified atom stereocenters. The third-order valence-electron chi connectivity index (χ3n) is 29.2. The van der Waals surface area contributed by atoms with Crippen molar-refractivity contribution >= 4 is 137 Å². The van der Waals surface area contributed by atoms with E-state index in [1.54, 1.807) is 0 Å². The number of imidazole rings is 5. The van der Waals surface area contributed by atoms with Crippen LogP contribution in [0, 0.1) is 85.7 Å². The minimum Gasteiger partial charge on any atom is -0.340 e. The van der Waals surface area contributed by atoms with E-state index in [0.717, 1.165) is 66.6 Å². The number of rotatable bonds is 8. The van der Waals surface area contributed by atoms with Gasteiger partial charge in [-0.1, -0.05) is 272 Å². The topological polar surface area (TPSA) is 86.5 Å². The molecular weight excluding hydrogens is 2670 g/mol. The molecule has 10 heterocycles. The van der Waals surface area contributed by atoms with Crippen LogP contribution in [-0.4, -0.2) is 46.9 Å². The molecule has 15 heteroatoms. The normalized spacial score (nSPS) is 11.8. The van der Waals surface area contributed by atoms with Crippen LogP contribution in [0.25, 0.3) is 181 Å². The first-order valence-electron chi connectivity index (χ1n) is 50.0. The number of hydrogen-bond donors (Lipinski definition) is 0. The summed E-state index contributed by atoms with van der Waals surface area (Å²) in [5, 5.41) is 17.8. The number of benzene rings is 14. The molecule has 10 nitrogen and oxygen atoms in total. The molecule has 0 saturated carbocycles. The monoisotopic (exact) mass is 2800 g/mol. The summed E-state index contributed by atoms with van der Waals surface area (Å²) in [4.78, 5) is 23.6. The van der Waals surface area contributed by atoms with Crippen LogP contribution in [-0.2, 0) is 117 Å². The van der Waals surface area contributed by atoms with Crippen molar-refractivity contribution in [1.29, 1.82) is 0 Å². The van der Waals surface area contributed by atoms with Gasteiger partial charge in [0.2, 0.25) is 0 Å². The first-order valence-corrected chi connectivity index (χ1v) is 50.0. The second kappa shape index (κ2) is 42.9. The van der Waals surface area contributed by atoms with Crippen molar-refractivity contribution in [2.75, 3.05) is 0 Å². The Hall–Kier alpha value is -11.6. The maximum atomic E-state index is 4.84. The molecule has 749 valence electrons. The van der Waals surface area contributed by atoms with Gasteiger partial charge in [0.1, 0.15) is 0 Å². The van der Waals surface area contributed by atoms with Crippen LogP contribution in [0.15, 0.2) is 280 Å². The van der Waals surface area contributed by atoms with Crippen LogP contribution in [0.4, 0.5) is 0 Å². The Labute approximate surface area is 926 Å². The number of aromatic nitrogens is 10. The molecular formula is C131H125Ir5N10-5. The standard InChI is InChI=1S/C30H31N2.C28H27N2.C25H21N2.C24H19N2.C24H27N2.5Ir/c1-18(2)22-16-25(19(3)4)29(26(17-22)20(5)6)21-11-12-28-27(15-21)23-9-7-8-10-24(23)30-31-13-14-32(28)30;1-18(2)20-16-24(19-10-12-21(13-11-19)28(3,4)5)26-25(17-20)22-8-6-7-9-23(22)27-29-14-15-30(26)27;1-15-8-7-9-16(2)24(15)23-14-26-25-20-11-6-5-10-19(20)21-12-17(3)18(4)13-22(21)27(23)25;1-15-11-12-21-20(13-15)18-9-4-5-10-19(18)24-25-14-22(26(21)24)23-16(2)7-6-8-17(23)3;1-15-12-17(24(5,6)7)14-20-19-13-16(23(2,3)4)8-9-18(19)22-25-10-11-26(22)21(15)20;;;;;/h7-9,11-20H,1-6H3;6-8,10-18H,1-5H3;5-10,12-14H,1-4H3;4-9,11-14H,1-3H3;8,10-14H,1-7H3;;;;;/q5*-1;;;;;. The molecule has 5 radical (unpaired) electrons. The van der Waals surface area contributed by atoms with Gasteiger partial charge in [0.15, 0.2) is 0 Å². The molecule has 0 saturated heterocycles. The zero-order valence-corrected chi connectivity index (χ0v) is 100.0. The fourth-order valence-electron chi connectivity index (χ4n) is 21.3. The van der Waals surface area contributed by atoms with Crippen molar-refractivity contribution in [3.05, 3.63) is 394 Å². The largest absolute Gasteiger partial charge is 0.340 e. The van der Waals surface area contributed by atoms with Crippen molar-refractivity contribution in [3.8, 4) is 44.8 Å². The molecule has 0 aliphatic rings. The molecule has 0 atom stereocenters. The average molecular weight is 2800 g/mol. The third-order valence-corrected chi connectivity index (χ3v) is 29.2. The Bertz CT molecular complexity index is 9040. The third kappa shape index (κ3) is 19.8. The van der Waals surface area contributed by atoms with E-state index in [-0.39, 0.29) is 117 Å². The molecule has 0 bridgehead atoms. The predicted octanol–water partition coefficient (Wildman–Crippen LogP) is 34.7. The fraction of sp³-hybridized carbons (Fsp3) is 0.244. The summed E-state index contributed by atoms with van der Waals surface area (Å²) in [5.41, 5.74) is 41.2. The smallest absolute Gasteiger partial charge is 0.0639 e. The van der Waals surface area contributed by atoms with Crippen LogP contribution >= 0.6 is 0 Å². The minimum absolute atomic E-state index is 0. The summed E-state index contributed by atoms with van der Waals surface area (Å²) in [7, 11) is 0. The van der Waals surface area contributed by atoms with Gasteiger partial charge in [-0.15, -0.1) is 148 Å². The molecule has 0 aliphatic heterocycles. The molecule has 0 amide bonds. The van der Waals surface area contributed by atoms with E-state index in [1.165, 1.54) is 198 Å². The van der Waals surface area contributed by atoms with Gasteiger partial charge in [-0.3, -0.25) is 24.9 Å². The van der Waals surface area contributed by atoms with Crippen molar-refractivity contribution in [1.82, 2.24) is 46.9 Å². The summed E-state index contributed by atoms with van der Waals surface area (Å²) >= 11 is 0.